The molecule has 0 aliphatic rings. The van der Waals surface area contributed by atoms with Gasteiger partial charge in [-0.1, -0.05) is 48.5 Å². The highest BCUT2D eigenvalue weighted by molar-refractivity contribution is 6.00. The number of methoxy groups -OCH3 is 1. The van der Waals surface area contributed by atoms with Gasteiger partial charge in [0.1, 0.15) is 6.07 Å². The number of rotatable bonds is 8. The van der Waals surface area contributed by atoms with Gasteiger partial charge < -0.3 is 25.1 Å². The first kappa shape index (κ1) is 26.5. The van der Waals surface area contributed by atoms with Crippen molar-refractivity contribution in [2.24, 2.45) is 0 Å². The van der Waals surface area contributed by atoms with E-state index < -0.39 is 11.9 Å². The summed E-state index contributed by atoms with van der Waals surface area (Å²) in [4.78, 5) is 25.5. The Hall–Kier alpha value is -5.54. The fourth-order valence-electron chi connectivity index (χ4n) is 4.24. The van der Waals surface area contributed by atoms with Crippen molar-refractivity contribution in [3.8, 4) is 29.0 Å². The van der Waals surface area contributed by atoms with Crippen molar-refractivity contribution in [3.63, 3.8) is 0 Å². The number of nitriles is 2. The predicted octanol–water partition coefficient (Wildman–Crippen LogP) is 5.05. The van der Waals surface area contributed by atoms with Gasteiger partial charge in [0, 0.05) is 12.7 Å². The summed E-state index contributed by atoms with van der Waals surface area (Å²) in [7, 11) is 1.22. The van der Waals surface area contributed by atoms with Crippen molar-refractivity contribution in [3.05, 3.63) is 101 Å². The lowest BCUT2D eigenvalue weighted by Gasteiger charge is -2.18. The lowest BCUT2D eigenvalue weighted by atomic mass is 9.99. The van der Waals surface area contributed by atoms with Crippen LogP contribution < -0.4 is 11.1 Å². The smallest absolute Gasteiger partial charge is 0.357 e. The zero-order valence-corrected chi connectivity index (χ0v) is 21.4. The largest absolute Gasteiger partial charge is 0.464 e. The van der Waals surface area contributed by atoms with E-state index in [0.717, 1.165) is 16.7 Å². The topological polar surface area (TPSA) is 143 Å². The highest BCUT2D eigenvalue weighted by Gasteiger charge is 2.25. The van der Waals surface area contributed by atoms with Gasteiger partial charge in [0.05, 0.1) is 53.5 Å². The first-order chi connectivity index (χ1) is 18.9. The molecule has 1 heterocycles. The normalized spacial score (nSPS) is 10.3. The molecule has 0 saturated heterocycles. The van der Waals surface area contributed by atoms with E-state index >= 15 is 0 Å². The molecule has 9 nitrogen and oxygen atoms in total. The standard InChI is InChI=1S/C30H25N5O4/c1-3-39-29(36)24-9-6-10-25(35-18-22(16-32)26(33)28(35)30(37)38-2)27(24)34-17-19-11-13-20(14-12-19)23-8-5-4-7-21(23)15-31/h4-14,18,34H,3,17,33H2,1-2H3. The minimum absolute atomic E-state index is 0.0231. The van der Waals surface area contributed by atoms with E-state index in [0.29, 0.717) is 23.5 Å². The van der Waals surface area contributed by atoms with E-state index in [9.17, 15) is 20.1 Å². The highest BCUT2D eigenvalue weighted by Crippen LogP contribution is 2.32. The number of nitrogens with zero attached hydrogens (tertiary/aromatic N) is 3. The first-order valence-electron chi connectivity index (χ1n) is 12.1. The molecule has 9 heteroatoms. The number of nitrogen functional groups attached to an aromatic ring is 1. The Balaban J connectivity index is 1.75. The highest BCUT2D eigenvalue weighted by atomic mass is 16.5. The molecule has 3 aromatic carbocycles. The summed E-state index contributed by atoms with van der Waals surface area (Å²) in [5, 5.41) is 22.2. The van der Waals surface area contributed by atoms with Crippen molar-refractivity contribution in [1.82, 2.24) is 4.57 Å². The molecule has 0 atom stereocenters. The Labute approximate surface area is 225 Å². The van der Waals surface area contributed by atoms with Crippen molar-refractivity contribution in [2.45, 2.75) is 13.5 Å². The minimum Gasteiger partial charge on any atom is -0.464 e. The maximum Gasteiger partial charge on any atom is 0.357 e. The molecule has 0 bridgehead atoms. The molecule has 39 heavy (non-hydrogen) atoms. The molecular formula is C30H25N5O4. The molecule has 3 N–H and O–H groups in total. The predicted molar refractivity (Wildman–Crippen MR) is 146 cm³/mol. The van der Waals surface area contributed by atoms with Gasteiger partial charge in [0.25, 0.3) is 0 Å². The van der Waals surface area contributed by atoms with E-state index in [-0.39, 0.29) is 29.1 Å². The molecule has 0 amide bonds. The Morgan fingerprint density at radius 1 is 0.949 bits per heavy atom. The number of carbonyl (C=O) groups is 2. The third kappa shape index (κ3) is 5.29. The minimum atomic E-state index is -0.727. The number of aromatic nitrogens is 1. The van der Waals surface area contributed by atoms with E-state index in [2.05, 4.69) is 11.4 Å². The van der Waals surface area contributed by atoms with Gasteiger partial charge in [0.15, 0.2) is 5.69 Å². The fourth-order valence-corrected chi connectivity index (χ4v) is 4.24. The first-order valence-corrected chi connectivity index (χ1v) is 12.1. The molecule has 0 radical (unpaired) electrons. The van der Waals surface area contributed by atoms with Crippen LogP contribution in [-0.4, -0.2) is 30.2 Å². The van der Waals surface area contributed by atoms with Gasteiger partial charge in [-0.05, 0) is 41.8 Å². The Morgan fingerprint density at radius 3 is 2.33 bits per heavy atom. The van der Waals surface area contributed by atoms with Gasteiger partial charge >= 0.3 is 11.9 Å². The molecule has 0 fully saturated rings. The van der Waals surface area contributed by atoms with Crippen LogP contribution in [0.5, 0.6) is 0 Å². The number of ether oxygens (including phenoxy) is 2. The Morgan fingerprint density at radius 2 is 1.67 bits per heavy atom. The number of hydrogen-bond acceptors (Lipinski definition) is 8. The third-order valence-electron chi connectivity index (χ3n) is 6.12. The van der Waals surface area contributed by atoms with Crippen LogP contribution in [0.25, 0.3) is 16.8 Å². The zero-order chi connectivity index (χ0) is 27.9. The summed E-state index contributed by atoms with van der Waals surface area (Å²) in [5.74, 6) is -1.28. The van der Waals surface area contributed by atoms with Crippen molar-refractivity contribution in [2.75, 3.05) is 24.8 Å². The van der Waals surface area contributed by atoms with E-state index in [1.54, 1.807) is 31.2 Å². The molecule has 0 saturated carbocycles. The monoisotopic (exact) mass is 519 g/mol. The van der Waals surface area contributed by atoms with E-state index in [1.165, 1.54) is 17.9 Å². The Kier molecular flexibility index (Phi) is 7.94. The zero-order valence-electron chi connectivity index (χ0n) is 21.4. The molecule has 1 aromatic heterocycles. The maximum absolute atomic E-state index is 12.9. The number of anilines is 2. The van der Waals surface area contributed by atoms with Crippen LogP contribution in [0, 0.1) is 22.7 Å². The number of benzene rings is 3. The molecule has 4 rings (SSSR count). The van der Waals surface area contributed by atoms with Crippen molar-refractivity contribution >= 4 is 23.3 Å². The van der Waals surface area contributed by atoms with E-state index in [1.807, 2.05) is 48.5 Å². The van der Waals surface area contributed by atoms with Crippen LogP contribution in [0.4, 0.5) is 11.4 Å². The number of nitrogens with one attached hydrogen (secondary N) is 1. The molecule has 0 spiro atoms. The van der Waals surface area contributed by atoms with Gasteiger partial charge in [-0.15, -0.1) is 0 Å². The van der Waals surface area contributed by atoms with Crippen LogP contribution in [0.2, 0.25) is 0 Å². The third-order valence-corrected chi connectivity index (χ3v) is 6.12. The second kappa shape index (κ2) is 11.7. The molecule has 0 aliphatic carbocycles. The lowest BCUT2D eigenvalue weighted by molar-refractivity contribution is 0.0526. The van der Waals surface area contributed by atoms with Crippen LogP contribution >= 0.6 is 0 Å². The summed E-state index contributed by atoms with van der Waals surface area (Å²) in [6.45, 7) is 2.21. The average molecular weight is 520 g/mol. The van der Waals surface area contributed by atoms with Crippen LogP contribution in [0.1, 0.15) is 44.5 Å². The maximum atomic E-state index is 12.9. The second-order valence-corrected chi connectivity index (χ2v) is 8.41. The summed E-state index contributed by atoms with van der Waals surface area (Å²) < 4.78 is 11.6. The van der Waals surface area contributed by atoms with Crippen molar-refractivity contribution < 1.29 is 19.1 Å². The summed E-state index contributed by atoms with van der Waals surface area (Å²) in [6, 6.07) is 24.2. The summed E-state index contributed by atoms with van der Waals surface area (Å²) in [6.07, 6.45) is 1.43. The van der Waals surface area contributed by atoms with Gasteiger partial charge in [-0.25, -0.2) is 9.59 Å². The number of esters is 2. The van der Waals surface area contributed by atoms with Gasteiger partial charge in [-0.3, -0.25) is 0 Å². The number of para-hydroxylation sites is 1. The quantitative estimate of drug-likeness (QED) is 0.308. The van der Waals surface area contributed by atoms with Crippen molar-refractivity contribution in [1.29, 1.82) is 10.5 Å². The van der Waals surface area contributed by atoms with Gasteiger partial charge in [-0.2, -0.15) is 10.5 Å². The summed E-state index contributed by atoms with van der Waals surface area (Å²) >= 11 is 0. The second-order valence-electron chi connectivity index (χ2n) is 8.41. The fraction of sp³-hybridized carbons (Fsp3) is 0.133. The molecular weight excluding hydrogens is 494 g/mol. The van der Waals surface area contributed by atoms with Crippen LogP contribution in [0.15, 0.2) is 72.9 Å². The molecule has 194 valence electrons. The van der Waals surface area contributed by atoms with E-state index in [4.69, 9.17) is 15.2 Å². The van der Waals surface area contributed by atoms with Gasteiger partial charge in [0.2, 0.25) is 0 Å². The molecule has 0 aliphatic heterocycles. The summed E-state index contributed by atoms with van der Waals surface area (Å²) in [5.41, 5.74) is 10.4. The lowest BCUT2D eigenvalue weighted by Crippen LogP contribution is -2.15. The Bertz CT molecular complexity index is 1620. The van der Waals surface area contributed by atoms with Crippen LogP contribution in [-0.2, 0) is 16.0 Å². The average Bonchev–Trinajstić information content (AvgIpc) is 3.31. The number of hydrogen-bond donors (Lipinski definition) is 2. The molecule has 0 unspecified atom stereocenters. The number of carbonyl (C=O) groups excluding carboxylic acids is 2. The number of nitrogens with two attached hydrogens (primary N) is 1. The SMILES string of the molecule is CCOC(=O)c1cccc(-n2cc(C#N)c(N)c2C(=O)OC)c1NCc1ccc(-c2ccccc2C#N)cc1. The van der Waals surface area contributed by atoms with Crippen LogP contribution in [0.3, 0.4) is 0 Å². The molecule has 4 aromatic rings.